The SMILES string of the molecule is OB(O)c1ccc2c(c1)OCCN(C1CCC1)CCCC2. The van der Waals surface area contributed by atoms with Crippen LogP contribution < -0.4 is 10.2 Å². The van der Waals surface area contributed by atoms with Crippen LogP contribution in [0.25, 0.3) is 0 Å². The standard InChI is InChI=1S/C16H24BNO3/c19-17(20)14-8-7-13-4-1-2-9-18(15-5-3-6-15)10-11-21-16(13)12-14/h7-8,12,15,19-20H,1-6,9-11H2. The number of hydrogen-bond donors (Lipinski definition) is 2. The quantitative estimate of drug-likeness (QED) is 0.796. The molecule has 0 saturated heterocycles. The van der Waals surface area contributed by atoms with Crippen LogP contribution >= 0.6 is 0 Å². The Kier molecular flexibility index (Phi) is 4.83. The van der Waals surface area contributed by atoms with Gasteiger partial charge in [-0.25, -0.2) is 0 Å². The van der Waals surface area contributed by atoms with Crippen LogP contribution in [0.4, 0.5) is 0 Å². The van der Waals surface area contributed by atoms with Crippen molar-refractivity contribution < 1.29 is 14.8 Å². The lowest BCUT2D eigenvalue weighted by Gasteiger charge is -2.38. The first-order valence-corrected chi connectivity index (χ1v) is 8.10. The van der Waals surface area contributed by atoms with E-state index in [-0.39, 0.29) is 0 Å². The van der Waals surface area contributed by atoms with Gasteiger partial charge in [0.1, 0.15) is 12.4 Å². The summed E-state index contributed by atoms with van der Waals surface area (Å²) >= 11 is 0. The molecule has 5 heteroatoms. The van der Waals surface area contributed by atoms with Crippen molar-refractivity contribution in [2.24, 2.45) is 0 Å². The Hall–Kier alpha value is -1.04. The van der Waals surface area contributed by atoms with Crippen molar-refractivity contribution in [1.82, 2.24) is 4.90 Å². The maximum Gasteiger partial charge on any atom is 0.488 e. The van der Waals surface area contributed by atoms with Crippen molar-refractivity contribution in [3.8, 4) is 5.75 Å². The minimum atomic E-state index is -1.43. The highest BCUT2D eigenvalue weighted by atomic mass is 16.5. The van der Waals surface area contributed by atoms with E-state index in [0.29, 0.717) is 12.1 Å². The van der Waals surface area contributed by atoms with E-state index < -0.39 is 7.12 Å². The maximum atomic E-state index is 9.30. The van der Waals surface area contributed by atoms with Gasteiger partial charge in [0.25, 0.3) is 0 Å². The first-order chi connectivity index (χ1) is 10.2. The molecule has 1 aliphatic carbocycles. The number of aryl methyl sites for hydroxylation is 1. The Morgan fingerprint density at radius 1 is 1.10 bits per heavy atom. The highest BCUT2D eigenvalue weighted by molar-refractivity contribution is 6.58. The number of hydrogen-bond acceptors (Lipinski definition) is 4. The van der Waals surface area contributed by atoms with Crippen molar-refractivity contribution in [2.75, 3.05) is 19.7 Å². The van der Waals surface area contributed by atoms with Gasteiger partial charge in [0, 0.05) is 12.6 Å². The molecule has 0 radical (unpaired) electrons. The van der Waals surface area contributed by atoms with E-state index >= 15 is 0 Å². The zero-order valence-corrected chi connectivity index (χ0v) is 12.5. The topological polar surface area (TPSA) is 52.9 Å². The third-order valence-electron chi connectivity index (χ3n) is 4.76. The van der Waals surface area contributed by atoms with Gasteiger partial charge in [-0.1, -0.05) is 18.6 Å². The van der Waals surface area contributed by atoms with Crippen LogP contribution in [0.3, 0.4) is 0 Å². The minimum Gasteiger partial charge on any atom is -0.492 e. The van der Waals surface area contributed by atoms with Crippen molar-refractivity contribution >= 4 is 12.6 Å². The van der Waals surface area contributed by atoms with E-state index in [0.717, 1.165) is 31.2 Å². The fraction of sp³-hybridized carbons (Fsp3) is 0.625. The van der Waals surface area contributed by atoms with Crippen LogP contribution in [-0.2, 0) is 6.42 Å². The molecule has 1 saturated carbocycles. The fourth-order valence-electron chi connectivity index (χ4n) is 3.20. The van der Waals surface area contributed by atoms with E-state index in [9.17, 15) is 10.0 Å². The number of benzene rings is 1. The van der Waals surface area contributed by atoms with Gasteiger partial charge in [-0.2, -0.15) is 0 Å². The third kappa shape index (κ3) is 3.60. The molecule has 0 atom stereocenters. The summed E-state index contributed by atoms with van der Waals surface area (Å²) in [4.78, 5) is 2.57. The van der Waals surface area contributed by atoms with Crippen LogP contribution in [0.5, 0.6) is 5.75 Å². The lowest BCUT2D eigenvalue weighted by molar-refractivity contribution is 0.103. The smallest absolute Gasteiger partial charge is 0.488 e. The third-order valence-corrected chi connectivity index (χ3v) is 4.76. The highest BCUT2D eigenvalue weighted by Crippen LogP contribution is 2.26. The molecule has 1 aliphatic heterocycles. The second-order valence-corrected chi connectivity index (χ2v) is 6.17. The summed E-state index contributed by atoms with van der Waals surface area (Å²) < 4.78 is 5.94. The molecule has 2 N–H and O–H groups in total. The average molecular weight is 289 g/mol. The number of rotatable bonds is 2. The molecule has 1 aromatic rings. The summed E-state index contributed by atoms with van der Waals surface area (Å²) in [6, 6.07) is 6.28. The maximum absolute atomic E-state index is 9.30. The monoisotopic (exact) mass is 289 g/mol. The second kappa shape index (κ2) is 6.82. The predicted molar refractivity (Wildman–Crippen MR) is 83.9 cm³/mol. The van der Waals surface area contributed by atoms with Crippen molar-refractivity contribution in [3.63, 3.8) is 0 Å². The normalized spacial score (nSPS) is 21.0. The highest BCUT2D eigenvalue weighted by Gasteiger charge is 2.25. The van der Waals surface area contributed by atoms with Gasteiger partial charge < -0.3 is 14.8 Å². The lowest BCUT2D eigenvalue weighted by Crippen LogP contribution is -2.43. The first-order valence-electron chi connectivity index (χ1n) is 8.10. The van der Waals surface area contributed by atoms with Gasteiger partial charge in [0.05, 0.1) is 0 Å². The van der Waals surface area contributed by atoms with E-state index in [4.69, 9.17) is 4.74 Å². The second-order valence-electron chi connectivity index (χ2n) is 6.17. The van der Waals surface area contributed by atoms with Crippen molar-refractivity contribution in [3.05, 3.63) is 23.8 Å². The Balaban J connectivity index is 1.70. The largest absolute Gasteiger partial charge is 0.492 e. The molecular formula is C16H24BNO3. The molecule has 0 unspecified atom stereocenters. The molecule has 21 heavy (non-hydrogen) atoms. The lowest BCUT2D eigenvalue weighted by atomic mass is 9.79. The molecule has 3 rings (SSSR count). The molecule has 2 aliphatic rings. The predicted octanol–water partition coefficient (Wildman–Crippen LogP) is 0.936. The van der Waals surface area contributed by atoms with Crippen LogP contribution in [0, 0.1) is 0 Å². The van der Waals surface area contributed by atoms with Crippen LogP contribution in [0.15, 0.2) is 18.2 Å². The molecule has 0 amide bonds. The van der Waals surface area contributed by atoms with Gasteiger partial charge in [0.15, 0.2) is 0 Å². The van der Waals surface area contributed by atoms with E-state index in [1.54, 1.807) is 12.1 Å². The summed E-state index contributed by atoms with van der Waals surface area (Å²) in [7, 11) is -1.43. The molecule has 114 valence electrons. The summed E-state index contributed by atoms with van der Waals surface area (Å²) in [6.07, 6.45) is 7.40. The number of nitrogens with zero attached hydrogens (tertiary/aromatic N) is 1. The average Bonchev–Trinajstić information content (AvgIpc) is 2.42. The van der Waals surface area contributed by atoms with Gasteiger partial charge in [-0.15, -0.1) is 0 Å². The summed E-state index contributed by atoms with van der Waals surface area (Å²) in [6.45, 7) is 2.82. The van der Waals surface area contributed by atoms with Crippen molar-refractivity contribution in [2.45, 2.75) is 44.6 Å². The zero-order chi connectivity index (χ0) is 14.7. The molecule has 0 spiro atoms. The van der Waals surface area contributed by atoms with E-state index in [2.05, 4.69) is 4.90 Å². The molecule has 1 fully saturated rings. The van der Waals surface area contributed by atoms with Gasteiger partial charge in [-0.05, 0) is 55.7 Å². The van der Waals surface area contributed by atoms with Crippen molar-refractivity contribution in [1.29, 1.82) is 0 Å². The Labute approximate surface area is 126 Å². The van der Waals surface area contributed by atoms with Gasteiger partial charge in [-0.3, -0.25) is 4.90 Å². The summed E-state index contributed by atoms with van der Waals surface area (Å²) in [5.74, 6) is 0.816. The Morgan fingerprint density at radius 2 is 1.95 bits per heavy atom. The number of ether oxygens (including phenoxy) is 1. The zero-order valence-electron chi connectivity index (χ0n) is 12.5. The molecule has 0 bridgehead atoms. The molecule has 1 aromatic carbocycles. The molecular weight excluding hydrogens is 265 g/mol. The van der Waals surface area contributed by atoms with Crippen LogP contribution in [0.2, 0.25) is 0 Å². The first kappa shape index (κ1) is 14.9. The number of fused-ring (bicyclic) bond motifs is 1. The minimum absolute atomic E-state index is 0.502. The Bertz CT molecular complexity index is 477. The molecule has 0 aromatic heterocycles. The van der Waals surface area contributed by atoms with Gasteiger partial charge in [0.2, 0.25) is 0 Å². The van der Waals surface area contributed by atoms with Gasteiger partial charge >= 0.3 is 7.12 Å². The fourth-order valence-corrected chi connectivity index (χ4v) is 3.20. The summed E-state index contributed by atoms with van der Waals surface area (Å²) in [5, 5.41) is 18.6. The van der Waals surface area contributed by atoms with E-state index in [1.807, 2.05) is 6.07 Å². The van der Waals surface area contributed by atoms with Crippen LogP contribution in [0.1, 0.15) is 37.7 Å². The Morgan fingerprint density at radius 3 is 2.67 bits per heavy atom. The van der Waals surface area contributed by atoms with E-state index in [1.165, 1.54) is 37.8 Å². The molecule has 4 nitrogen and oxygen atoms in total. The molecule has 1 heterocycles. The summed E-state index contributed by atoms with van der Waals surface area (Å²) in [5.41, 5.74) is 1.68. The van der Waals surface area contributed by atoms with Crippen LogP contribution in [-0.4, -0.2) is 47.8 Å².